The molecule has 2 heterocycles. The maximum absolute atomic E-state index is 11.2. The molecule has 1 amide bonds. The number of fused-ring (bicyclic) bond motifs is 1. The molecule has 0 aliphatic carbocycles. The van der Waals surface area contributed by atoms with E-state index in [9.17, 15) is 9.90 Å². The molecular formula is C15H17N3O2. The van der Waals surface area contributed by atoms with Crippen LogP contribution >= 0.6 is 0 Å². The van der Waals surface area contributed by atoms with Crippen molar-refractivity contribution in [3.8, 4) is 0 Å². The summed E-state index contributed by atoms with van der Waals surface area (Å²) in [4.78, 5) is 17.8. The number of piperidine rings is 1. The lowest BCUT2D eigenvalue weighted by Gasteiger charge is -2.31. The van der Waals surface area contributed by atoms with Crippen molar-refractivity contribution in [2.24, 2.45) is 5.73 Å². The first-order valence-electron chi connectivity index (χ1n) is 6.77. The topological polar surface area (TPSA) is 79.5 Å². The highest BCUT2D eigenvalue weighted by Gasteiger charge is 2.20. The summed E-state index contributed by atoms with van der Waals surface area (Å²) in [5.41, 5.74) is 5.80. The number of nitrogens with two attached hydrogens (primary N) is 1. The van der Waals surface area contributed by atoms with E-state index in [0.29, 0.717) is 12.1 Å². The summed E-state index contributed by atoms with van der Waals surface area (Å²) in [6, 6.07) is 7.24. The molecule has 3 N–H and O–H groups in total. The molecule has 0 unspecified atom stereocenters. The average Bonchev–Trinajstić information content (AvgIpc) is 2.46. The molecule has 20 heavy (non-hydrogen) atoms. The van der Waals surface area contributed by atoms with Crippen molar-refractivity contribution in [1.82, 2.24) is 4.98 Å². The SMILES string of the molecule is NC(=O)c1ccc2c(N3CCC[C@H](O)C3)nccc2c1. The van der Waals surface area contributed by atoms with Gasteiger partial charge in [0.2, 0.25) is 5.91 Å². The van der Waals surface area contributed by atoms with E-state index in [1.165, 1.54) is 0 Å². The molecule has 0 spiro atoms. The minimum absolute atomic E-state index is 0.300. The predicted octanol–water partition coefficient (Wildman–Crippen LogP) is 1.29. The molecule has 1 aliphatic heterocycles. The summed E-state index contributed by atoms with van der Waals surface area (Å²) in [5, 5.41) is 11.7. The van der Waals surface area contributed by atoms with Gasteiger partial charge in [-0.1, -0.05) is 0 Å². The van der Waals surface area contributed by atoms with Crippen molar-refractivity contribution >= 4 is 22.5 Å². The molecule has 1 aromatic carbocycles. The van der Waals surface area contributed by atoms with Crippen LogP contribution in [0.25, 0.3) is 10.8 Å². The first-order chi connectivity index (χ1) is 9.65. The number of pyridine rings is 1. The normalized spacial score (nSPS) is 19.2. The molecule has 5 heteroatoms. The molecule has 0 bridgehead atoms. The molecule has 1 aliphatic rings. The van der Waals surface area contributed by atoms with E-state index < -0.39 is 5.91 Å². The number of hydrogen-bond donors (Lipinski definition) is 2. The fraction of sp³-hybridized carbons (Fsp3) is 0.333. The van der Waals surface area contributed by atoms with Gasteiger partial charge in [0.1, 0.15) is 5.82 Å². The van der Waals surface area contributed by atoms with E-state index in [-0.39, 0.29) is 6.10 Å². The third-order valence-corrected chi connectivity index (χ3v) is 3.72. The van der Waals surface area contributed by atoms with Crippen molar-refractivity contribution in [3.63, 3.8) is 0 Å². The van der Waals surface area contributed by atoms with Crippen molar-refractivity contribution in [3.05, 3.63) is 36.0 Å². The molecule has 1 atom stereocenters. The highest BCUT2D eigenvalue weighted by Crippen LogP contribution is 2.27. The largest absolute Gasteiger partial charge is 0.391 e. The van der Waals surface area contributed by atoms with Crippen molar-refractivity contribution in [1.29, 1.82) is 0 Å². The fourth-order valence-electron chi connectivity index (χ4n) is 2.71. The molecule has 1 aromatic heterocycles. The second kappa shape index (κ2) is 5.09. The summed E-state index contributed by atoms with van der Waals surface area (Å²) < 4.78 is 0. The van der Waals surface area contributed by atoms with Crippen molar-refractivity contribution in [2.75, 3.05) is 18.0 Å². The Bertz CT molecular complexity index is 657. The van der Waals surface area contributed by atoms with Crippen LogP contribution in [0.1, 0.15) is 23.2 Å². The smallest absolute Gasteiger partial charge is 0.248 e. The number of primary amides is 1. The maximum atomic E-state index is 11.2. The van der Waals surface area contributed by atoms with Gasteiger partial charge in [0, 0.05) is 30.2 Å². The van der Waals surface area contributed by atoms with E-state index in [4.69, 9.17) is 5.73 Å². The number of aromatic nitrogens is 1. The number of aliphatic hydroxyl groups is 1. The number of β-amino-alcohol motifs (C(OH)–C–C–N with tert-alkyl or cyclic N) is 1. The molecule has 2 aromatic rings. The van der Waals surface area contributed by atoms with E-state index >= 15 is 0 Å². The van der Waals surface area contributed by atoms with Crippen LogP contribution in [0.3, 0.4) is 0 Å². The lowest BCUT2D eigenvalue weighted by atomic mass is 10.0. The molecule has 1 fully saturated rings. The molecule has 5 nitrogen and oxygen atoms in total. The second-order valence-corrected chi connectivity index (χ2v) is 5.18. The minimum atomic E-state index is -0.432. The van der Waals surface area contributed by atoms with Gasteiger partial charge in [-0.25, -0.2) is 4.98 Å². The van der Waals surface area contributed by atoms with Crippen LogP contribution in [-0.2, 0) is 0 Å². The first kappa shape index (κ1) is 12.9. The van der Waals surface area contributed by atoms with Crippen LogP contribution in [0.5, 0.6) is 0 Å². The van der Waals surface area contributed by atoms with Crippen LogP contribution in [-0.4, -0.2) is 35.2 Å². The molecule has 1 saturated heterocycles. The zero-order valence-electron chi connectivity index (χ0n) is 11.1. The lowest BCUT2D eigenvalue weighted by molar-refractivity contribution is 0.100. The highest BCUT2D eigenvalue weighted by molar-refractivity contribution is 6.00. The summed E-state index contributed by atoms with van der Waals surface area (Å²) in [5.74, 6) is 0.427. The number of amides is 1. The Kier molecular flexibility index (Phi) is 3.28. The number of aliphatic hydroxyl groups excluding tert-OH is 1. The van der Waals surface area contributed by atoms with Crippen molar-refractivity contribution < 1.29 is 9.90 Å². The minimum Gasteiger partial charge on any atom is -0.391 e. The molecule has 0 saturated carbocycles. The van der Waals surface area contributed by atoms with Gasteiger partial charge in [0.25, 0.3) is 0 Å². The summed E-state index contributed by atoms with van der Waals surface area (Å²) >= 11 is 0. The van der Waals surface area contributed by atoms with Crippen LogP contribution < -0.4 is 10.6 Å². The Balaban J connectivity index is 2.05. The zero-order valence-corrected chi connectivity index (χ0v) is 11.1. The second-order valence-electron chi connectivity index (χ2n) is 5.18. The van der Waals surface area contributed by atoms with E-state index in [0.717, 1.165) is 36.0 Å². The van der Waals surface area contributed by atoms with Crippen LogP contribution in [0.2, 0.25) is 0 Å². The quantitative estimate of drug-likeness (QED) is 0.862. The number of rotatable bonds is 2. The lowest BCUT2D eigenvalue weighted by Crippen LogP contribution is -2.38. The fourth-order valence-corrected chi connectivity index (χ4v) is 2.71. The molecule has 3 rings (SSSR count). The Morgan fingerprint density at radius 2 is 2.25 bits per heavy atom. The third kappa shape index (κ3) is 2.32. The number of carbonyl (C=O) groups is 1. The van der Waals surface area contributed by atoms with Crippen molar-refractivity contribution in [2.45, 2.75) is 18.9 Å². The van der Waals surface area contributed by atoms with Crippen LogP contribution in [0.4, 0.5) is 5.82 Å². The van der Waals surface area contributed by atoms with Gasteiger partial charge < -0.3 is 15.7 Å². The first-order valence-corrected chi connectivity index (χ1v) is 6.77. The Morgan fingerprint density at radius 3 is 3.00 bits per heavy atom. The van der Waals surface area contributed by atoms with E-state index in [1.54, 1.807) is 18.3 Å². The van der Waals surface area contributed by atoms with Crippen LogP contribution in [0, 0.1) is 0 Å². The molecular weight excluding hydrogens is 254 g/mol. The highest BCUT2D eigenvalue weighted by atomic mass is 16.3. The summed E-state index contributed by atoms with van der Waals surface area (Å²) in [7, 11) is 0. The van der Waals surface area contributed by atoms with Gasteiger partial charge >= 0.3 is 0 Å². The number of nitrogens with zero attached hydrogens (tertiary/aromatic N) is 2. The summed E-state index contributed by atoms with van der Waals surface area (Å²) in [6.45, 7) is 1.49. The number of anilines is 1. The van der Waals surface area contributed by atoms with Gasteiger partial charge in [-0.2, -0.15) is 0 Å². The number of carbonyl (C=O) groups excluding carboxylic acids is 1. The Hall–Kier alpha value is -2.14. The average molecular weight is 271 g/mol. The maximum Gasteiger partial charge on any atom is 0.248 e. The van der Waals surface area contributed by atoms with Gasteiger partial charge in [-0.3, -0.25) is 4.79 Å². The van der Waals surface area contributed by atoms with Gasteiger partial charge in [-0.15, -0.1) is 0 Å². The standard InChI is InChI=1S/C15H17N3O2/c16-14(20)11-3-4-13-10(8-11)5-6-17-15(13)18-7-1-2-12(19)9-18/h3-6,8,12,19H,1-2,7,9H2,(H2,16,20)/t12-/m0/s1. The van der Waals surface area contributed by atoms with Gasteiger partial charge in [0.15, 0.2) is 0 Å². The van der Waals surface area contributed by atoms with E-state index in [2.05, 4.69) is 9.88 Å². The molecule has 0 radical (unpaired) electrons. The van der Waals surface area contributed by atoms with Crippen LogP contribution in [0.15, 0.2) is 30.5 Å². The monoisotopic (exact) mass is 271 g/mol. The Labute approximate surface area is 117 Å². The Morgan fingerprint density at radius 1 is 1.40 bits per heavy atom. The summed E-state index contributed by atoms with van der Waals surface area (Å²) in [6.07, 6.45) is 3.22. The van der Waals surface area contributed by atoms with E-state index in [1.807, 2.05) is 12.1 Å². The van der Waals surface area contributed by atoms with Gasteiger partial charge in [-0.05, 0) is 42.5 Å². The zero-order chi connectivity index (χ0) is 14.1. The third-order valence-electron chi connectivity index (χ3n) is 3.72. The number of benzene rings is 1. The van der Waals surface area contributed by atoms with Gasteiger partial charge in [0.05, 0.1) is 6.10 Å². The molecule has 104 valence electrons. The predicted molar refractivity (Wildman–Crippen MR) is 77.7 cm³/mol. The number of hydrogen-bond acceptors (Lipinski definition) is 4.